The molecular formula is C36H47N7O5. The number of pyridine rings is 1. The number of aromatic nitrogens is 4. The number of nitrogens with one attached hydrogen (secondary N) is 1. The fourth-order valence-electron chi connectivity index (χ4n) is 7.66. The van der Waals surface area contributed by atoms with E-state index in [1.54, 1.807) is 32.3 Å². The number of fused-ring (bicyclic) bond motifs is 3. The molecule has 2 amide bonds. The minimum Gasteiger partial charge on any atom is -0.494 e. The van der Waals surface area contributed by atoms with Crippen LogP contribution in [0.5, 0.6) is 5.75 Å². The molecule has 12 nitrogen and oxygen atoms in total. The molecule has 1 aromatic carbocycles. The maximum atomic E-state index is 13.8. The van der Waals surface area contributed by atoms with Gasteiger partial charge in [-0.25, -0.2) is 9.97 Å². The minimum absolute atomic E-state index is 0.0632. The predicted molar refractivity (Wildman–Crippen MR) is 183 cm³/mol. The number of carbonyl (C=O) groups excluding carboxylic acids is 2. The molecule has 3 aliphatic rings. The van der Waals surface area contributed by atoms with Gasteiger partial charge in [0.25, 0.3) is 5.91 Å². The Balaban J connectivity index is 1.32. The van der Waals surface area contributed by atoms with E-state index in [-0.39, 0.29) is 35.9 Å². The van der Waals surface area contributed by atoms with Crippen molar-refractivity contribution in [2.45, 2.75) is 76.7 Å². The third-order valence-corrected chi connectivity index (χ3v) is 10.5. The highest BCUT2D eigenvalue weighted by Gasteiger charge is 2.42. The highest BCUT2D eigenvalue weighted by Crippen LogP contribution is 2.43. The number of imidazole rings is 1. The molecule has 2 aliphatic heterocycles. The van der Waals surface area contributed by atoms with Crippen LogP contribution in [0.3, 0.4) is 0 Å². The molecule has 1 saturated carbocycles. The number of hydrogen-bond acceptors (Lipinski definition) is 8. The highest BCUT2D eigenvalue weighted by atomic mass is 16.5. The van der Waals surface area contributed by atoms with Gasteiger partial charge in [-0.15, -0.1) is 0 Å². The average Bonchev–Trinajstić information content (AvgIpc) is 3.65. The van der Waals surface area contributed by atoms with Gasteiger partial charge >= 0.3 is 0 Å². The van der Waals surface area contributed by atoms with E-state index in [2.05, 4.69) is 26.6 Å². The van der Waals surface area contributed by atoms with Crippen molar-refractivity contribution in [1.29, 1.82) is 0 Å². The number of ether oxygens (including phenoxy) is 3. The molecule has 5 atom stereocenters. The van der Waals surface area contributed by atoms with Gasteiger partial charge in [-0.2, -0.15) is 0 Å². The molecule has 3 N–H and O–H groups in total. The van der Waals surface area contributed by atoms with E-state index in [0.29, 0.717) is 55.4 Å². The molecule has 48 heavy (non-hydrogen) atoms. The number of nitrogens with zero attached hydrogens (tertiary/aromatic N) is 5. The summed E-state index contributed by atoms with van der Waals surface area (Å²) in [5, 5.41) is 4.22. The molecule has 7 rings (SSSR count). The molecule has 0 radical (unpaired) electrons. The van der Waals surface area contributed by atoms with Crippen molar-refractivity contribution >= 4 is 33.9 Å². The van der Waals surface area contributed by atoms with Gasteiger partial charge in [-0.1, -0.05) is 12.8 Å². The zero-order valence-electron chi connectivity index (χ0n) is 28.4. The lowest BCUT2D eigenvalue weighted by molar-refractivity contribution is -0.123. The number of piperidine rings is 1. The van der Waals surface area contributed by atoms with E-state index < -0.39 is 0 Å². The average molecular weight is 658 g/mol. The molecular weight excluding hydrogens is 610 g/mol. The van der Waals surface area contributed by atoms with Crippen molar-refractivity contribution in [2.75, 3.05) is 41.0 Å². The molecule has 0 unspecified atom stereocenters. The molecule has 5 heterocycles. The summed E-state index contributed by atoms with van der Waals surface area (Å²) in [6.07, 6.45) is 5.87. The Labute approximate surface area is 280 Å². The molecule has 2 bridgehead atoms. The molecule has 1 saturated heterocycles. The monoisotopic (exact) mass is 657 g/mol. The third-order valence-electron chi connectivity index (χ3n) is 10.5. The van der Waals surface area contributed by atoms with Crippen LogP contribution in [0.4, 0.5) is 0 Å². The van der Waals surface area contributed by atoms with Gasteiger partial charge in [0, 0.05) is 63.3 Å². The largest absolute Gasteiger partial charge is 0.494 e. The zero-order chi connectivity index (χ0) is 33.5. The summed E-state index contributed by atoms with van der Waals surface area (Å²) in [5.41, 5.74) is 11.0. The summed E-state index contributed by atoms with van der Waals surface area (Å²) in [6.45, 7) is 4.79. The van der Waals surface area contributed by atoms with Gasteiger partial charge < -0.3 is 39.3 Å². The van der Waals surface area contributed by atoms with Crippen LogP contribution in [0.2, 0.25) is 0 Å². The predicted octanol–water partition coefficient (Wildman–Crippen LogP) is 4.28. The smallest absolute Gasteiger partial charge is 0.254 e. The molecule has 3 aromatic heterocycles. The lowest BCUT2D eigenvalue weighted by atomic mass is 10.0. The van der Waals surface area contributed by atoms with Crippen LogP contribution in [-0.4, -0.2) is 89.0 Å². The molecule has 4 aromatic rings. The normalized spacial score (nSPS) is 24.8. The number of methoxy groups -OCH3 is 3. The summed E-state index contributed by atoms with van der Waals surface area (Å²) < 4.78 is 21.4. The number of aryl methyl sites for hydroxylation is 1. The Hall–Kier alpha value is -4.00. The molecule has 2 fully saturated rings. The highest BCUT2D eigenvalue weighted by molar-refractivity contribution is 6.00. The number of benzene rings is 1. The first-order chi connectivity index (χ1) is 23.3. The second-order valence-corrected chi connectivity index (χ2v) is 13.6. The topological polar surface area (TPSA) is 139 Å². The van der Waals surface area contributed by atoms with Crippen LogP contribution in [0.15, 0.2) is 30.3 Å². The van der Waals surface area contributed by atoms with E-state index in [1.165, 1.54) is 0 Å². The number of hydrogen-bond donors (Lipinski definition) is 2. The third kappa shape index (κ3) is 6.05. The van der Waals surface area contributed by atoms with Crippen molar-refractivity contribution in [3.05, 3.63) is 41.6 Å². The van der Waals surface area contributed by atoms with Crippen LogP contribution in [0, 0.1) is 11.8 Å². The Morgan fingerprint density at radius 1 is 1.06 bits per heavy atom. The number of carbonyl (C=O) groups is 2. The maximum absolute atomic E-state index is 13.8. The van der Waals surface area contributed by atoms with Gasteiger partial charge in [0.05, 0.1) is 42.8 Å². The minimum atomic E-state index is -0.248. The summed E-state index contributed by atoms with van der Waals surface area (Å²) in [5.74, 6) is 2.00. The molecule has 1 aliphatic carbocycles. The summed E-state index contributed by atoms with van der Waals surface area (Å²) in [7, 11) is 4.97. The number of likely N-dealkylation sites (tertiary alicyclic amines) is 1. The van der Waals surface area contributed by atoms with E-state index >= 15 is 0 Å². The van der Waals surface area contributed by atoms with Gasteiger partial charge in [0.2, 0.25) is 5.91 Å². The standard InChI is InChI=1S/C36H47N7O5/c1-21-27-10-9-23-18-29(42(33(23)39-27)12-7-5-6-8-22-16-25(22)35(44)38-21)34-40-28-17-24(19-31(48-4)32(28)43(34)14-15-46-2)36(45)41-13-11-30(47-3)26(37)20-41/h9-10,17-19,21-22,25-26,30H,5-8,11-16,20,37H2,1-4H3,(H,38,44)/t21-,22-,25-,26+,30-/m1/s1. The van der Waals surface area contributed by atoms with Crippen molar-refractivity contribution in [3.8, 4) is 17.3 Å². The molecule has 12 heteroatoms. The summed E-state index contributed by atoms with van der Waals surface area (Å²) >= 11 is 0. The lowest BCUT2D eigenvalue weighted by Crippen LogP contribution is -2.53. The van der Waals surface area contributed by atoms with E-state index in [0.717, 1.165) is 72.4 Å². The van der Waals surface area contributed by atoms with Gasteiger partial charge in [-0.3, -0.25) is 9.59 Å². The summed E-state index contributed by atoms with van der Waals surface area (Å²) in [4.78, 5) is 38.8. The van der Waals surface area contributed by atoms with E-state index in [4.69, 9.17) is 29.9 Å². The Bertz CT molecular complexity index is 1830. The number of amides is 2. The Kier molecular flexibility index (Phi) is 9.14. The van der Waals surface area contributed by atoms with Crippen molar-refractivity contribution in [3.63, 3.8) is 0 Å². The zero-order valence-corrected chi connectivity index (χ0v) is 28.4. The lowest BCUT2D eigenvalue weighted by Gasteiger charge is -2.36. The second kappa shape index (κ2) is 13.5. The first-order valence-electron chi connectivity index (χ1n) is 17.3. The van der Waals surface area contributed by atoms with E-state index in [1.807, 2.05) is 19.1 Å². The van der Waals surface area contributed by atoms with Crippen molar-refractivity contribution in [1.82, 2.24) is 29.3 Å². The SMILES string of the molecule is COCCn1c(-c2cc3ccc4nc3n2CCCCC[C@@H]2C[C@H]2C(=O)N[C@@H]4C)nc2cc(C(=O)N3CC[C@@H](OC)[C@@H](N)C3)cc(OC)c21. The van der Waals surface area contributed by atoms with E-state index in [9.17, 15) is 9.59 Å². The van der Waals surface area contributed by atoms with Crippen LogP contribution in [0.1, 0.15) is 67.5 Å². The van der Waals surface area contributed by atoms with Crippen LogP contribution < -0.4 is 15.8 Å². The second-order valence-electron chi connectivity index (χ2n) is 13.6. The van der Waals surface area contributed by atoms with Crippen LogP contribution in [-0.2, 0) is 27.4 Å². The van der Waals surface area contributed by atoms with Crippen LogP contribution >= 0.6 is 0 Å². The quantitative estimate of drug-likeness (QED) is 0.300. The fourth-order valence-corrected chi connectivity index (χ4v) is 7.66. The van der Waals surface area contributed by atoms with Gasteiger partial charge in [0.1, 0.15) is 16.9 Å². The van der Waals surface area contributed by atoms with Gasteiger partial charge in [-0.05, 0) is 68.9 Å². The maximum Gasteiger partial charge on any atom is 0.254 e. The van der Waals surface area contributed by atoms with Gasteiger partial charge in [0.15, 0.2) is 5.82 Å². The molecule has 0 spiro atoms. The number of nitrogens with two attached hydrogens (primary N) is 1. The first-order valence-corrected chi connectivity index (χ1v) is 17.3. The molecule has 256 valence electrons. The fraction of sp³-hybridized carbons (Fsp3) is 0.556. The van der Waals surface area contributed by atoms with Crippen molar-refractivity contribution < 1.29 is 23.8 Å². The number of rotatable bonds is 7. The van der Waals surface area contributed by atoms with Crippen molar-refractivity contribution in [2.24, 2.45) is 17.6 Å². The Morgan fingerprint density at radius 3 is 2.69 bits per heavy atom. The first kappa shape index (κ1) is 32.5. The van der Waals surface area contributed by atoms with Crippen LogP contribution in [0.25, 0.3) is 33.6 Å². The Morgan fingerprint density at radius 2 is 1.92 bits per heavy atom. The summed E-state index contributed by atoms with van der Waals surface area (Å²) in [6, 6.07) is 9.46.